The third-order valence-corrected chi connectivity index (χ3v) is 16.6. The van der Waals surface area contributed by atoms with Crippen molar-refractivity contribution in [3.05, 3.63) is 125 Å². The number of pyridine rings is 1. The van der Waals surface area contributed by atoms with Gasteiger partial charge in [-0.1, -0.05) is 47.7 Å². The average Bonchev–Trinajstić information content (AvgIpc) is 3.96. The summed E-state index contributed by atoms with van der Waals surface area (Å²) < 4.78 is 9.56. The van der Waals surface area contributed by atoms with Crippen molar-refractivity contribution in [2.45, 2.75) is 96.2 Å². The molecule has 1 unspecified atom stereocenters. The van der Waals surface area contributed by atoms with E-state index in [0.717, 1.165) is 112 Å². The fourth-order valence-electron chi connectivity index (χ4n) is 11.7. The van der Waals surface area contributed by atoms with E-state index < -0.39 is 11.9 Å². The first kappa shape index (κ1) is 48.1. The number of carbonyl (C=O) groups excluding carboxylic acids is 3. The van der Waals surface area contributed by atoms with Crippen molar-refractivity contribution in [3.63, 3.8) is 0 Å². The molecule has 15 nitrogen and oxygen atoms in total. The maximum atomic E-state index is 13.7. The molecule has 2 atom stereocenters. The zero-order chi connectivity index (χ0) is 50.3. The van der Waals surface area contributed by atoms with E-state index in [1.165, 1.54) is 24.2 Å². The number of ether oxygens (including phenoxy) is 1. The van der Waals surface area contributed by atoms with Crippen molar-refractivity contribution in [2.24, 2.45) is 13.0 Å². The number of amides is 3. The third kappa shape index (κ3) is 9.89. The number of hydrogen-bond acceptors (Lipinski definition) is 12. The average molecular weight is 1000 g/mol. The van der Waals surface area contributed by atoms with Crippen LogP contribution in [0.1, 0.15) is 107 Å². The number of piperidine rings is 1. The molecule has 73 heavy (non-hydrogen) atoms. The number of aryl methyl sites for hydroxylation is 1. The smallest absolute Gasteiger partial charge is 0.355 e. The highest BCUT2D eigenvalue weighted by Gasteiger charge is 2.33. The summed E-state index contributed by atoms with van der Waals surface area (Å²) in [4.78, 5) is 67.5. The van der Waals surface area contributed by atoms with Crippen molar-refractivity contribution in [2.75, 3.05) is 47.8 Å². The number of hydrogen-bond donors (Lipinski definition) is 3. The molecule has 4 aromatic carbocycles. The van der Waals surface area contributed by atoms with Crippen LogP contribution in [-0.4, -0.2) is 98.3 Å². The molecule has 3 fully saturated rings. The quantitative estimate of drug-likeness (QED) is 0.0935. The monoisotopic (exact) mass is 999 g/mol. The Bertz CT molecular complexity index is 3240. The zero-order valence-corrected chi connectivity index (χ0v) is 42.4. The highest BCUT2D eigenvalue weighted by molar-refractivity contribution is 7.22. The SMILES string of the molecule is Cc1c(O[C@H]2CC[C@H](CCCN3CCN(c4ccc5c(C6CCC(=O)NC6=O)nn(C)c5c4)[C@H](C)C3)CC2)cccc1-c1ccc(N2CCc3cccc(C(=O)Nc4nc5ccccc5s4)c3C2)nc1C(=O)O. The number of nitrogens with one attached hydrogen (secondary N) is 2. The molecule has 3 N–H and O–H groups in total. The van der Waals surface area contributed by atoms with E-state index in [0.29, 0.717) is 66.4 Å². The van der Waals surface area contributed by atoms with Crippen molar-refractivity contribution in [3.8, 4) is 16.9 Å². The number of carbonyl (C=O) groups is 4. The van der Waals surface area contributed by atoms with E-state index in [9.17, 15) is 24.3 Å². The van der Waals surface area contributed by atoms with E-state index in [4.69, 9.17) is 14.8 Å². The van der Waals surface area contributed by atoms with Gasteiger partial charge in [0.15, 0.2) is 10.8 Å². The van der Waals surface area contributed by atoms with E-state index in [1.54, 1.807) is 0 Å². The fourth-order valence-corrected chi connectivity index (χ4v) is 12.6. The molecule has 0 spiro atoms. The molecule has 3 amide bonds. The summed E-state index contributed by atoms with van der Waals surface area (Å²) in [5, 5.41) is 22.3. The first-order valence-electron chi connectivity index (χ1n) is 25.8. The Kier molecular flexibility index (Phi) is 13.4. The number of aromatic carboxylic acids is 1. The summed E-state index contributed by atoms with van der Waals surface area (Å²) in [5.41, 5.74) is 8.49. The normalized spacial score (nSPS) is 20.5. The molecule has 6 heterocycles. The summed E-state index contributed by atoms with van der Waals surface area (Å²) in [5.74, 6) is -0.229. The van der Waals surface area contributed by atoms with E-state index in [1.807, 2.05) is 96.3 Å². The van der Waals surface area contributed by atoms with Crippen molar-refractivity contribution in [1.29, 1.82) is 0 Å². The summed E-state index contributed by atoms with van der Waals surface area (Å²) in [7, 11) is 1.92. The first-order valence-corrected chi connectivity index (χ1v) is 26.6. The lowest BCUT2D eigenvalue weighted by Gasteiger charge is -2.41. The second kappa shape index (κ2) is 20.4. The van der Waals surface area contributed by atoms with Gasteiger partial charge in [-0.15, -0.1) is 0 Å². The standard InChI is InChI=1S/C57H61N9O6S/c1-34-32-64(29-30-66(34)38-18-21-43-47(31-38)63(3)62-52(43)44-23-25-51(67)60-55(44)69)27-8-9-36-16-19-39(20-17-36)72-48-14-7-11-40(35(48)2)41-22-24-50(59-53(41)56(70)71)65-28-26-37-10-6-12-42(45(37)33-65)54(68)61-57-58-46-13-4-5-15-49(46)73-57/h4-7,10-15,18,21-22,24,31,34,36,39,44H,8-9,16-17,19-20,23,25-30,32-33H2,1-3H3,(H,70,71)(H,58,61,68)(H,60,67,69)/t34-,36-,39-,44?/m1/s1. The van der Waals surface area contributed by atoms with Crippen LogP contribution in [0.5, 0.6) is 5.75 Å². The number of rotatable bonds is 13. The lowest BCUT2D eigenvalue weighted by atomic mass is 9.84. The number of anilines is 3. The Morgan fingerprint density at radius 1 is 0.890 bits per heavy atom. The van der Waals surface area contributed by atoms with Gasteiger partial charge in [0, 0.05) is 74.4 Å². The number of nitrogens with zero attached hydrogens (tertiary/aromatic N) is 7. The molecular weight excluding hydrogens is 939 g/mol. The molecule has 376 valence electrons. The number of thiazole rings is 1. The number of carboxylic acids is 1. The maximum Gasteiger partial charge on any atom is 0.355 e. The highest BCUT2D eigenvalue weighted by atomic mass is 32.1. The Morgan fingerprint density at radius 3 is 2.53 bits per heavy atom. The first-order chi connectivity index (χ1) is 35.4. The van der Waals surface area contributed by atoms with E-state index in [-0.39, 0.29) is 29.5 Å². The van der Waals surface area contributed by atoms with Crippen LogP contribution in [0.2, 0.25) is 0 Å². The van der Waals surface area contributed by atoms with Crippen LogP contribution in [0.4, 0.5) is 16.6 Å². The molecule has 3 aromatic heterocycles. The molecule has 16 heteroatoms. The Labute approximate surface area is 428 Å². The van der Waals surface area contributed by atoms with Gasteiger partial charge in [-0.05, 0) is 155 Å². The minimum absolute atomic E-state index is 0.0200. The number of piperazine rings is 1. The van der Waals surface area contributed by atoms with Crippen LogP contribution in [0.3, 0.4) is 0 Å². The van der Waals surface area contributed by atoms with Crippen LogP contribution in [0, 0.1) is 12.8 Å². The van der Waals surface area contributed by atoms with Gasteiger partial charge in [-0.25, -0.2) is 14.8 Å². The lowest BCUT2D eigenvalue weighted by Crippen LogP contribution is -2.52. The van der Waals surface area contributed by atoms with Crippen LogP contribution >= 0.6 is 11.3 Å². The highest BCUT2D eigenvalue weighted by Crippen LogP contribution is 2.38. The van der Waals surface area contributed by atoms with Gasteiger partial charge in [-0.3, -0.25) is 34.6 Å². The molecule has 0 radical (unpaired) electrons. The van der Waals surface area contributed by atoms with Crippen molar-refractivity contribution in [1.82, 2.24) is 30.0 Å². The second-order valence-electron chi connectivity index (χ2n) is 20.3. The number of imide groups is 1. The zero-order valence-electron chi connectivity index (χ0n) is 41.6. The molecule has 1 saturated carbocycles. The topological polar surface area (TPSA) is 175 Å². The van der Waals surface area contributed by atoms with E-state index in [2.05, 4.69) is 50.5 Å². The van der Waals surface area contributed by atoms with Crippen LogP contribution in [0.15, 0.2) is 91.0 Å². The van der Waals surface area contributed by atoms with Gasteiger partial charge in [-0.2, -0.15) is 5.10 Å². The second-order valence-corrected chi connectivity index (χ2v) is 21.3. The molecule has 7 aromatic rings. The Balaban J connectivity index is 0.670. The predicted octanol–water partition coefficient (Wildman–Crippen LogP) is 9.52. The summed E-state index contributed by atoms with van der Waals surface area (Å²) in [6.07, 6.45) is 8.20. The van der Waals surface area contributed by atoms with Gasteiger partial charge in [0.25, 0.3) is 5.91 Å². The van der Waals surface area contributed by atoms with Gasteiger partial charge in [0.1, 0.15) is 11.6 Å². The molecule has 11 rings (SSSR count). The van der Waals surface area contributed by atoms with Gasteiger partial charge >= 0.3 is 5.97 Å². The van der Waals surface area contributed by atoms with Gasteiger partial charge in [0.2, 0.25) is 11.8 Å². The number of para-hydroxylation sites is 1. The molecule has 3 aliphatic heterocycles. The van der Waals surface area contributed by atoms with Crippen LogP contribution < -0.4 is 25.2 Å². The summed E-state index contributed by atoms with van der Waals surface area (Å²) in [6, 6.07) is 30.0. The summed E-state index contributed by atoms with van der Waals surface area (Å²) >= 11 is 1.44. The minimum atomic E-state index is -1.10. The number of carboxylic acid groups (broad SMARTS) is 1. The number of fused-ring (bicyclic) bond motifs is 3. The minimum Gasteiger partial charge on any atom is -0.490 e. The van der Waals surface area contributed by atoms with Gasteiger partial charge in [0.05, 0.1) is 33.4 Å². The Morgan fingerprint density at radius 2 is 1.73 bits per heavy atom. The molecule has 1 aliphatic carbocycles. The third-order valence-electron chi connectivity index (χ3n) is 15.7. The molecule has 2 saturated heterocycles. The molecular formula is C57H61N9O6S. The number of benzene rings is 4. The Hall–Kier alpha value is -7.17. The van der Waals surface area contributed by atoms with Crippen LogP contribution in [0.25, 0.3) is 32.2 Å². The van der Waals surface area contributed by atoms with Gasteiger partial charge < -0.3 is 19.6 Å². The summed E-state index contributed by atoms with van der Waals surface area (Å²) in [6.45, 7) is 9.38. The maximum absolute atomic E-state index is 13.7. The molecule has 0 bridgehead atoms. The molecule has 4 aliphatic rings. The largest absolute Gasteiger partial charge is 0.490 e. The number of aromatic nitrogens is 4. The van der Waals surface area contributed by atoms with E-state index >= 15 is 0 Å². The van der Waals surface area contributed by atoms with Crippen molar-refractivity contribution >= 4 is 72.8 Å². The van der Waals surface area contributed by atoms with Crippen LogP contribution in [-0.2, 0) is 29.6 Å². The lowest BCUT2D eigenvalue weighted by molar-refractivity contribution is -0.134. The van der Waals surface area contributed by atoms with Crippen molar-refractivity contribution < 1.29 is 29.0 Å². The fraction of sp³-hybridized carbons (Fsp3) is 0.386. The predicted molar refractivity (Wildman–Crippen MR) is 285 cm³/mol.